The van der Waals surface area contributed by atoms with Crippen molar-refractivity contribution in [2.45, 2.75) is 64.1 Å². The van der Waals surface area contributed by atoms with E-state index < -0.39 is 0 Å². The molecule has 0 saturated heterocycles. The molecule has 3 aliphatic rings. The molecule has 1 heterocycles. The summed E-state index contributed by atoms with van der Waals surface area (Å²) in [7, 11) is 0. The minimum Gasteiger partial charge on any atom is -0.408 e. The summed E-state index contributed by atoms with van der Waals surface area (Å²) in [6, 6.07) is 1.17. The van der Waals surface area contributed by atoms with Gasteiger partial charge in [0.1, 0.15) is 0 Å². The van der Waals surface area contributed by atoms with E-state index in [0.717, 1.165) is 32.1 Å². The largest absolute Gasteiger partial charge is 0.408 e. The van der Waals surface area contributed by atoms with E-state index in [9.17, 15) is 9.90 Å². The number of hydrogen-bond donors (Lipinski definition) is 3. The third-order valence-electron chi connectivity index (χ3n) is 5.71. The van der Waals surface area contributed by atoms with E-state index in [-0.39, 0.29) is 29.9 Å². The summed E-state index contributed by atoms with van der Waals surface area (Å²) in [5, 5.41) is 23.9. The van der Waals surface area contributed by atoms with Crippen molar-refractivity contribution in [2.24, 2.45) is 17.3 Å². The number of aryl methyl sites for hydroxylation is 1. The number of nitrogens with zero attached hydrogens (tertiary/aromatic N) is 2. The lowest BCUT2D eigenvalue weighted by molar-refractivity contribution is -0.124. The molecule has 1 amide bonds. The van der Waals surface area contributed by atoms with E-state index in [1.807, 2.05) is 6.92 Å². The van der Waals surface area contributed by atoms with Crippen molar-refractivity contribution >= 4 is 11.9 Å². The van der Waals surface area contributed by atoms with E-state index in [4.69, 9.17) is 4.42 Å². The van der Waals surface area contributed by atoms with Crippen molar-refractivity contribution in [3.05, 3.63) is 5.89 Å². The van der Waals surface area contributed by atoms with Crippen LogP contribution in [0, 0.1) is 17.3 Å². The van der Waals surface area contributed by atoms with Crippen molar-refractivity contribution in [1.29, 1.82) is 0 Å². The second-order valence-electron chi connectivity index (χ2n) is 7.48. The van der Waals surface area contributed by atoms with Crippen molar-refractivity contribution < 1.29 is 14.3 Å². The van der Waals surface area contributed by atoms with Crippen LogP contribution in [0.1, 0.15) is 45.4 Å². The van der Waals surface area contributed by atoms with Gasteiger partial charge in [0, 0.05) is 24.4 Å². The summed E-state index contributed by atoms with van der Waals surface area (Å²) < 4.78 is 5.48. The van der Waals surface area contributed by atoms with Crippen molar-refractivity contribution in [2.75, 3.05) is 5.32 Å². The lowest BCUT2D eigenvalue weighted by Crippen LogP contribution is -2.47. The molecule has 4 atom stereocenters. The lowest BCUT2D eigenvalue weighted by Gasteiger charge is -2.37. The van der Waals surface area contributed by atoms with Gasteiger partial charge in [0.25, 0.3) is 0 Å². The van der Waals surface area contributed by atoms with Gasteiger partial charge >= 0.3 is 6.01 Å². The molecule has 0 aromatic carbocycles. The molecular formula is C16H24N4O3. The minimum absolute atomic E-state index is 0.0190. The van der Waals surface area contributed by atoms with E-state index >= 15 is 0 Å². The number of amides is 1. The van der Waals surface area contributed by atoms with Crippen LogP contribution in [0.15, 0.2) is 4.42 Å². The van der Waals surface area contributed by atoms with Gasteiger partial charge in [-0.15, -0.1) is 5.10 Å². The van der Waals surface area contributed by atoms with E-state index in [2.05, 4.69) is 20.8 Å². The highest BCUT2D eigenvalue weighted by Crippen LogP contribution is 2.61. The Balaban J connectivity index is 1.21. The molecule has 3 fully saturated rings. The molecule has 126 valence electrons. The van der Waals surface area contributed by atoms with Crippen LogP contribution in [0.5, 0.6) is 0 Å². The van der Waals surface area contributed by atoms with Crippen LogP contribution in [0.25, 0.3) is 0 Å². The van der Waals surface area contributed by atoms with E-state index in [0.29, 0.717) is 23.4 Å². The molecule has 7 nitrogen and oxygen atoms in total. The SMILES string of the molecule is CCc1nnc(NC2CC23CC(NC(=O)C2CC2C(C)O)C3)o1. The summed E-state index contributed by atoms with van der Waals surface area (Å²) >= 11 is 0. The first kappa shape index (κ1) is 14.9. The van der Waals surface area contributed by atoms with Crippen LogP contribution in [0.2, 0.25) is 0 Å². The number of carbonyl (C=O) groups is 1. The Bertz CT molecular complexity index is 608. The van der Waals surface area contributed by atoms with Crippen LogP contribution in [0.3, 0.4) is 0 Å². The average molecular weight is 320 g/mol. The molecule has 1 aromatic rings. The Kier molecular flexibility index (Phi) is 3.37. The molecule has 0 bridgehead atoms. The maximum atomic E-state index is 12.1. The number of aliphatic hydroxyl groups excluding tert-OH is 1. The predicted molar refractivity (Wildman–Crippen MR) is 82.6 cm³/mol. The minimum atomic E-state index is -0.377. The molecule has 1 spiro atoms. The van der Waals surface area contributed by atoms with Gasteiger partial charge in [-0.3, -0.25) is 4.79 Å². The van der Waals surface area contributed by atoms with E-state index in [1.54, 1.807) is 6.92 Å². The van der Waals surface area contributed by atoms with Crippen LogP contribution in [-0.4, -0.2) is 39.4 Å². The molecule has 1 aromatic heterocycles. The Morgan fingerprint density at radius 2 is 2.22 bits per heavy atom. The number of nitrogens with one attached hydrogen (secondary N) is 2. The number of aliphatic hydroxyl groups is 1. The summed E-state index contributed by atoms with van der Waals surface area (Å²) in [6.07, 6.45) is 4.31. The molecule has 3 aliphatic carbocycles. The molecule has 4 unspecified atom stereocenters. The predicted octanol–water partition coefficient (Wildman–Crippen LogP) is 1.10. The first-order chi connectivity index (χ1) is 11.0. The monoisotopic (exact) mass is 320 g/mol. The quantitative estimate of drug-likeness (QED) is 0.726. The maximum Gasteiger partial charge on any atom is 0.315 e. The summed E-state index contributed by atoms with van der Waals surface area (Å²) in [4.78, 5) is 12.1. The molecular weight excluding hydrogens is 296 g/mol. The van der Waals surface area contributed by atoms with Gasteiger partial charge in [0.05, 0.1) is 6.10 Å². The second kappa shape index (κ2) is 5.19. The molecule has 23 heavy (non-hydrogen) atoms. The fraction of sp³-hybridized carbons (Fsp3) is 0.812. The smallest absolute Gasteiger partial charge is 0.315 e. The van der Waals surface area contributed by atoms with Crippen molar-refractivity contribution in [3.8, 4) is 0 Å². The summed E-state index contributed by atoms with van der Waals surface area (Å²) in [6.45, 7) is 3.75. The molecule has 0 radical (unpaired) electrons. The first-order valence-corrected chi connectivity index (χ1v) is 8.58. The first-order valence-electron chi connectivity index (χ1n) is 8.58. The van der Waals surface area contributed by atoms with Crippen LogP contribution in [0.4, 0.5) is 6.01 Å². The third kappa shape index (κ3) is 2.71. The molecule has 7 heteroatoms. The van der Waals surface area contributed by atoms with Crippen LogP contribution in [-0.2, 0) is 11.2 Å². The standard InChI is InChI=1S/C16H24N4O3/c1-3-13-19-20-15(23-13)18-12-7-16(12)5-9(6-16)17-14(22)11-4-10(11)8(2)21/h8-12,21H,3-7H2,1-2H3,(H,17,22)(H,18,20). The number of carbonyl (C=O) groups excluding carboxylic acids is 1. The van der Waals surface area contributed by atoms with Gasteiger partial charge in [-0.2, -0.15) is 0 Å². The normalized spacial score (nSPS) is 38.7. The number of hydrogen-bond acceptors (Lipinski definition) is 6. The second-order valence-corrected chi connectivity index (χ2v) is 7.48. The highest BCUT2D eigenvalue weighted by Gasteiger charge is 2.62. The third-order valence-corrected chi connectivity index (χ3v) is 5.71. The highest BCUT2D eigenvalue weighted by molar-refractivity contribution is 5.82. The Morgan fingerprint density at radius 1 is 1.43 bits per heavy atom. The average Bonchev–Trinajstić information content (AvgIpc) is 3.35. The topological polar surface area (TPSA) is 100 Å². The van der Waals surface area contributed by atoms with Gasteiger partial charge in [-0.25, -0.2) is 0 Å². The van der Waals surface area contributed by atoms with Gasteiger partial charge in [-0.1, -0.05) is 12.0 Å². The lowest BCUT2D eigenvalue weighted by atomic mass is 9.76. The molecule has 0 aliphatic heterocycles. The molecule has 3 saturated carbocycles. The molecule has 3 N–H and O–H groups in total. The van der Waals surface area contributed by atoms with E-state index in [1.165, 1.54) is 0 Å². The Morgan fingerprint density at radius 3 is 2.83 bits per heavy atom. The zero-order valence-corrected chi connectivity index (χ0v) is 13.6. The van der Waals surface area contributed by atoms with Crippen molar-refractivity contribution in [3.63, 3.8) is 0 Å². The zero-order chi connectivity index (χ0) is 16.2. The fourth-order valence-electron chi connectivity index (χ4n) is 3.99. The summed E-state index contributed by atoms with van der Waals surface area (Å²) in [5.74, 6) is 0.943. The van der Waals surface area contributed by atoms with Gasteiger partial charge in [-0.05, 0) is 43.9 Å². The van der Waals surface area contributed by atoms with Gasteiger partial charge in [0.15, 0.2) is 0 Å². The molecule has 4 rings (SSSR count). The number of aromatic nitrogens is 2. The van der Waals surface area contributed by atoms with Crippen molar-refractivity contribution in [1.82, 2.24) is 15.5 Å². The van der Waals surface area contributed by atoms with Gasteiger partial charge < -0.3 is 20.2 Å². The van der Waals surface area contributed by atoms with Crippen LogP contribution >= 0.6 is 0 Å². The fourth-order valence-corrected chi connectivity index (χ4v) is 3.99. The maximum absolute atomic E-state index is 12.1. The van der Waals surface area contributed by atoms with Crippen LogP contribution < -0.4 is 10.6 Å². The highest BCUT2D eigenvalue weighted by atomic mass is 16.4. The number of anilines is 1. The van der Waals surface area contributed by atoms with Gasteiger partial charge in [0.2, 0.25) is 11.8 Å². The number of rotatable bonds is 6. The Labute approximate surface area is 135 Å². The summed E-state index contributed by atoms with van der Waals surface area (Å²) in [5.41, 5.74) is 0.298. The Hall–Kier alpha value is -1.63. The zero-order valence-electron chi connectivity index (χ0n) is 13.6.